The number of aromatic nitrogens is 2. The molecule has 1 aliphatic heterocycles. The van der Waals surface area contributed by atoms with E-state index < -0.39 is 0 Å². The number of imidazole rings is 1. The molecule has 0 saturated heterocycles. The lowest BCUT2D eigenvalue weighted by atomic mass is 10.1. The van der Waals surface area contributed by atoms with Gasteiger partial charge in [-0.15, -0.1) is 11.8 Å². The van der Waals surface area contributed by atoms with Gasteiger partial charge in [0.1, 0.15) is 5.82 Å². The number of halogens is 1. The molecule has 0 amide bonds. The Morgan fingerprint density at radius 1 is 1.18 bits per heavy atom. The van der Waals surface area contributed by atoms with E-state index in [0.717, 1.165) is 23.0 Å². The highest BCUT2D eigenvalue weighted by Gasteiger charge is 2.25. The molecule has 2 nitrogen and oxygen atoms in total. The standard InChI is InChI=1S/C18H15ClN2S/c1-12-11-20-18-10-16(13-5-3-2-4-6-13)22-17-9-14(19)7-8-15(17)21(12)18/h2-9,11,16H,10H2,1H3. The second-order valence-corrected chi connectivity index (χ2v) is 7.17. The quantitative estimate of drug-likeness (QED) is 0.610. The molecule has 0 fully saturated rings. The number of hydrogen-bond donors (Lipinski definition) is 0. The Labute approximate surface area is 139 Å². The average molecular weight is 327 g/mol. The summed E-state index contributed by atoms with van der Waals surface area (Å²) >= 11 is 8.10. The second-order valence-electron chi connectivity index (χ2n) is 5.48. The van der Waals surface area contributed by atoms with Gasteiger partial charge in [-0.25, -0.2) is 4.98 Å². The largest absolute Gasteiger partial charge is 0.300 e. The van der Waals surface area contributed by atoms with Gasteiger partial charge < -0.3 is 0 Å². The molecular formula is C18H15ClN2S. The third-order valence-corrected chi connectivity index (χ3v) is 5.52. The molecule has 22 heavy (non-hydrogen) atoms. The molecule has 1 atom stereocenters. The molecule has 0 aliphatic carbocycles. The van der Waals surface area contributed by atoms with E-state index in [2.05, 4.69) is 58.9 Å². The minimum Gasteiger partial charge on any atom is -0.300 e. The Morgan fingerprint density at radius 2 is 2.00 bits per heavy atom. The summed E-state index contributed by atoms with van der Waals surface area (Å²) in [7, 11) is 0. The van der Waals surface area contributed by atoms with Crippen molar-refractivity contribution in [2.45, 2.75) is 23.5 Å². The molecule has 2 aromatic carbocycles. The number of aryl methyl sites for hydroxylation is 1. The first-order valence-corrected chi connectivity index (χ1v) is 8.53. The molecule has 0 radical (unpaired) electrons. The summed E-state index contributed by atoms with van der Waals surface area (Å²) in [6, 6.07) is 16.7. The third-order valence-electron chi connectivity index (χ3n) is 3.98. The molecule has 4 rings (SSSR count). The summed E-state index contributed by atoms with van der Waals surface area (Å²) in [6.45, 7) is 2.10. The molecule has 4 heteroatoms. The van der Waals surface area contributed by atoms with Crippen molar-refractivity contribution in [1.82, 2.24) is 9.55 Å². The van der Waals surface area contributed by atoms with E-state index in [4.69, 9.17) is 11.6 Å². The number of thioether (sulfide) groups is 1. The first kappa shape index (κ1) is 13.9. The Morgan fingerprint density at radius 3 is 2.82 bits per heavy atom. The van der Waals surface area contributed by atoms with Crippen molar-refractivity contribution in [3.8, 4) is 5.69 Å². The SMILES string of the molecule is Cc1cnc2n1-c1ccc(Cl)cc1SC(c1ccccc1)C2. The first-order valence-electron chi connectivity index (χ1n) is 7.27. The lowest BCUT2D eigenvalue weighted by Gasteiger charge is -2.14. The maximum atomic E-state index is 6.23. The van der Waals surface area contributed by atoms with Crippen LogP contribution in [0, 0.1) is 6.92 Å². The molecule has 1 unspecified atom stereocenters. The smallest absolute Gasteiger partial charge is 0.114 e. The van der Waals surface area contributed by atoms with Crippen molar-refractivity contribution >= 4 is 23.4 Å². The minimum absolute atomic E-state index is 0.349. The predicted octanol–water partition coefficient (Wildman–Crippen LogP) is 5.22. The van der Waals surface area contributed by atoms with Gasteiger partial charge in [0.15, 0.2) is 0 Å². The summed E-state index contributed by atoms with van der Waals surface area (Å²) in [4.78, 5) is 5.84. The van der Waals surface area contributed by atoms with Crippen molar-refractivity contribution in [1.29, 1.82) is 0 Å². The van der Waals surface area contributed by atoms with Crippen LogP contribution in [0.5, 0.6) is 0 Å². The summed E-state index contributed by atoms with van der Waals surface area (Å²) in [5, 5.41) is 1.13. The zero-order chi connectivity index (χ0) is 15.1. The lowest BCUT2D eigenvalue weighted by molar-refractivity contribution is 0.813. The normalized spacial score (nSPS) is 16.7. The summed E-state index contributed by atoms with van der Waals surface area (Å²) < 4.78 is 2.25. The molecule has 1 aliphatic rings. The second kappa shape index (κ2) is 5.49. The van der Waals surface area contributed by atoms with E-state index in [1.165, 1.54) is 16.1 Å². The minimum atomic E-state index is 0.349. The maximum absolute atomic E-state index is 6.23. The van der Waals surface area contributed by atoms with Gasteiger partial charge in [-0.1, -0.05) is 41.9 Å². The van der Waals surface area contributed by atoms with Crippen LogP contribution in [0.15, 0.2) is 59.6 Å². The van der Waals surface area contributed by atoms with Crippen molar-refractivity contribution in [3.63, 3.8) is 0 Å². The Bertz CT molecular complexity index is 826. The van der Waals surface area contributed by atoms with Crippen LogP contribution in [0.4, 0.5) is 0 Å². The summed E-state index contributed by atoms with van der Waals surface area (Å²) in [6.07, 6.45) is 2.86. The van der Waals surface area contributed by atoms with Crippen molar-refractivity contribution in [2.24, 2.45) is 0 Å². The van der Waals surface area contributed by atoms with Crippen molar-refractivity contribution in [2.75, 3.05) is 0 Å². The highest BCUT2D eigenvalue weighted by Crippen LogP contribution is 2.44. The molecule has 0 N–H and O–H groups in total. The molecule has 2 heterocycles. The molecule has 0 saturated carbocycles. The van der Waals surface area contributed by atoms with Gasteiger partial charge >= 0.3 is 0 Å². The molecular weight excluding hydrogens is 312 g/mol. The fraction of sp³-hybridized carbons (Fsp3) is 0.167. The fourth-order valence-corrected chi connectivity index (χ4v) is 4.49. The van der Waals surface area contributed by atoms with Crippen LogP contribution in [0.2, 0.25) is 5.02 Å². The topological polar surface area (TPSA) is 17.8 Å². The molecule has 1 aromatic heterocycles. The predicted molar refractivity (Wildman–Crippen MR) is 92.1 cm³/mol. The van der Waals surface area contributed by atoms with Crippen molar-refractivity contribution < 1.29 is 0 Å². The Kier molecular flexibility index (Phi) is 3.47. The van der Waals surface area contributed by atoms with E-state index >= 15 is 0 Å². The fourth-order valence-electron chi connectivity index (χ4n) is 2.94. The van der Waals surface area contributed by atoms with Crippen LogP contribution in [0.25, 0.3) is 5.69 Å². The van der Waals surface area contributed by atoms with Crippen LogP contribution in [0.1, 0.15) is 22.3 Å². The van der Waals surface area contributed by atoms with Gasteiger partial charge in [-0.2, -0.15) is 0 Å². The molecule has 110 valence electrons. The highest BCUT2D eigenvalue weighted by atomic mass is 35.5. The Balaban J connectivity index is 1.90. The van der Waals surface area contributed by atoms with E-state index in [1.807, 2.05) is 24.0 Å². The third kappa shape index (κ3) is 2.34. The lowest BCUT2D eigenvalue weighted by Crippen LogP contribution is -2.04. The van der Waals surface area contributed by atoms with Gasteiger partial charge in [0.25, 0.3) is 0 Å². The van der Waals surface area contributed by atoms with E-state index in [1.54, 1.807) is 0 Å². The van der Waals surface area contributed by atoms with Crippen LogP contribution in [0.3, 0.4) is 0 Å². The van der Waals surface area contributed by atoms with Gasteiger partial charge in [0, 0.05) is 33.5 Å². The number of benzene rings is 2. The monoisotopic (exact) mass is 326 g/mol. The number of hydrogen-bond acceptors (Lipinski definition) is 2. The van der Waals surface area contributed by atoms with Gasteiger partial charge in [-0.3, -0.25) is 4.57 Å². The average Bonchev–Trinajstić information content (AvgIpc) is 2.80. The van der Waals surface area contributed by atoms with E-state index in [-0.39, 0.29) is 0 Å². The summed E-state index contributed by atoms with van der Waals surface area (Å²) in [5.74, 6) is 1.11. The van der Waals surface area contributed by atoms with E-state index in [0.29, 0.717) is 5.25 Å². The van der Waals surface area contributed by atoms with Crippen LogP contribution >= 0.6 is 23.4 Å². The maximum Gasteiger partial charge on any atom is 0.114 e. The Hall–Kier alpha value is -1.71. The summed E-state index contributed by atoms with van der Waals surface area (Å²) in [5.41, 5.74) is 3.67. The highest BCUT2D eigenvalue weighted by molar-refractivity contribution is 7.99. The van der Waals surface area contributed by atoms with Crippen LogP contribution < -0.4 is 0 Å². The van der Waals surface area contributed by atoms with Crippen LogP contribution in [-0.4, -0.2) is 9.55 Å². The first-order chi connectivity index (χ1) is 10.7. The van der Waals surface area contributed by atoms with Crippen LogP contribution in [-0.2, 0) is 6.42 Å². The number of rotatable bonds is 1. The number of nitrogens with zero attached hydrogens (tertiary/aromatic N) is 2. The zero-order valence-corrected chi connectivity index (χ0v) is 13.7. The zero-order valence-electron chi connectivity index (χ0n) is 12.2. The van der Waals surface area contributed by atoms with E-state index in [9.17, 15) is 0 Å². The van der Waals surface area contributed by atoms with Gasteiger partial charge in [0.2, 0.25) is 0 Å². The molecule has 0 spiro atoms. The molecule has 3 aromatic rings. The molecule has 0 bridgehead atoms. The number of fused-ring (bicyclic) bond motifs is 3. The van der Waals surface area contributed by atoms with Gasteiger partial charge in [0.05, 0.1) is 5.69 Å². The van der Waals surface area contributed by atoms with Crippen molar-refractivity contribution in [3.05, 3.63) is 76.8 Å². The van der Waals surface area contributed by atoms with Gasteiger partial charge in [-0.05, 0) is 30.7 Å².